The van der Waals surface area contributed by atoms with Crippen LogP contribution in [0.3, 0.4) is 0 Å². The second kappa shape index (κ2) is 13.9. The normalized spacial score (nSPS) is 21.1. The fourth-order valence-corrected chi connectivity index (χ4v) is 5.82. The third-order valence-electron chi connectivity index (χ3n) is 8.39. The summed E-state index contributed by atoms with van der Waals surface area (Å²) in [6.07, 6.45) is 0.346. The van der Waals surface area contributed by atoms with E-state index < -0.39 is 11.7 Å². The Hall–Kier alpha value is -3.11. The monoisotopic (exact) mass is 589 g/mol. The number of likely N-dealkylation sites (N-methyl/N-ethyl adjacent to an activating group) is 1. The Labute approximate surface area is 246 Å². The molecule has 2 N–H and O–H groups in total. The Kier molecular flexibility index (Phi) is 10.5. The van der Waals surface area contributed by atoms with E-state index in [0.717, 1.165) is 49.8 Å². The molecule has 0 saturated heterocycles. The SMILES string of the molecule is C[C@@H]1CN([C@@H](C)CO)C(=O)Cc2cc(NC(=O)C3CCCCC3)ccc2O[C@@H]1CN(C)Cc1ccc(C(F)(F)F)cc1. The van der Waals surface area contributed by atoms with Crippen LogP contribution in [0, 0.1) is 11.8 Å². The lowest BCUT2D eigenvalue weighted by Crippen LogP contribution is -2.47. The summed E-state index contributed by atoms with van der Waals surface area (Å²) < 4.78 is 45.5. The van der Waals surface area contributed by atoms with Gasteiger partial charge in [0.05, 0.1) is 24.6 Å². The number of anilines is 1. The quantitative estimate of drug-likeness (QED) is 0.425. The first-order chi connectivity index (χ1) is 19.9. The third kappa shape index (κ3) is 8.25. The standard InChI is InChI=1S/C32H42F3N3O4/c1-21-17-38(22(2)20-39)30(40)16-25-15-27(36-31(41)24-7-5-4-6-8-24)13-14-28(25)42-29(21)19-37(3)18-23-9-11-26(12-10-23)32(33,34)35/h9-15,21-22,24,29,39H,4-8,16-20H2,1-3H3,(H,36,41)/t21-,22+,29-/m1/s1. The van der Waals surface area contributed by atoms with E-state index in [1.54, 1.807) is 30.0 Å². The maximum absolute atomic E-state index is 13.5. The highest BCUT2D eigenvalue weighted by Gasteiger charge is 2.32. The lowest BCUT2D eigenvalue weighted by Gasteiger charge is -2.34. The summed E-state index contributed by atoms with van der Waals surface area (Å²) in [5.74, 6) is 0.291. The van der Waals surface area contributed by atoms with Gasteiger partial charge in [-0.05, 0) is 62.7 Å². The van der Waals surface area contributed by atoms with E-state index in [0.29, 0.717) is 36.6 Å². The number of nitrogens with one attached hydrogen (secondary N) is 1. The molecule has 1 aliphatic heterocycles. The average molecular weight is 590 g/mol. The van der Waals surface area contributed by atoms with E-state index in [1.165, 1.54) is 12.1 Å². The maximum Gasteiger partial charge on any atom is 0.416 e. The lowest BCUT2D eigenvalue weighted by molar-refractivity contribution is -0.137. The molecule has 0 spiro atoms. The summed E-state index contributed by atoms with van der Waals surface area (Å²) >= 11 is 0. The number of ether oxygens (including phenoxy) is 1. The van der Waals surface area contributed by atoms with Crippen molar-refractivity contribution >= 4 is 17.5 Å². The second-order valence-corrected chi connectivity index (χ2v) is 11.9. The van der Waals surface area contributed by atoms with Crippen LogP contribution >= 0.6 is 0 Å². The number of hydrogen-bond donors (Lipinski definition) is 2. The summed E-state index contributed by atoms with van der Waals surface area (Å²) in [7, 11) is 1.88. The van der Waals surface area contributed by atoms with Gasteiger partial charge in [0.15, 0.2) is 0 Å². The fourth-order valence-electron chi connectivity index (χ4n) is 5.82. The molecule has 1 fully saturated rings. The number of carbonyl (C=O) groups excluding carboxylic acids is 2. The van der Waals surface area contributed by atoms with Gasteiger partial charge in [0, 0.05) is 42.7 Å². The molecule has 3 atom stereocenters. The second-order valence-electron chi connectivity index (χ2n) is 11.9. The molecular formula is C32H42F3N3O4. The van der Waals surface area contributed by atoms with Crippen LogP contribution in [0.5, 0.6) is 5.75 Å². The summed E-state index contributed by atoms with van der Waals surface area (Å²) in [6, 6.07) is 10.1. The van der Waals surface area contributed by atoms with Crippen molar-refractivity contribution in [3.63, 3.8) is 0 Å². The first-order valence-electron chi connectivity index (χ1n) is 14.8. The van der Waals surface area contributed by atoms with Gasteiger partial charge in [0.1, 0.15) is 11.9 Å². The number of fused-ring (bicyclic) bond motifs is 1. The van der Waals surface area contributed by atoms with Crippen molar-refractivity contribution in [2.24, 2.45) is 11.8 Å². The maximum atomic E-state index is 13.5. The molecule has 42 heavy (non-hydrogen) atoms. The zero-order chi connectivity index (χ0) is 30.4. The van der Waals surface area contributed by atoms with Crippen LogP contribution in [-0.4, -0.2) is 65.6 Å². The highest BCUT2D eigenvalue weighted by Crippen LogP contribution is 2.32. The molecule has 0 bridgehead atoms. The Balaban J connectivity index is 1.54. The van der Waals surface area contributed by atoms with Crippen molar-refractivity contribution < 1.29 is 32.6 Å². The summed E-state index contributed by atoms with van der Waals surface area (Å²) in [4.78, 5) is 30.0. The predicted octanol–water partition coefficient (Wildman–Crippen LogP) is 5.51. The fraction of sp³-hybridized carbons (Fsp3) is 0.562. The first-order valence-corrected chi connectivity index (χ1v) is 14.8. The minimum absolute atomic E-state index is 0.00289. The number of rotatable bonds is 8. The third-order valence-corrected chi connectivity index (χ3v) is 8.39. The number of hydrogen-bond acceptors (Lipinski definition) is 5. The number of aliphatic hydroxyl groups excluding tert-OH is 1. The minimum atomic E-state index is -4.38. The number of aliphatic hydroxyl groups is 1. The molecule has 7 nitrogen and oxygen atoms in total. The van der Waals surface area contributed by atoms with Gasteiger partial charge in [-0.1, -0.05) is 38.3 Å². The van der Waals surface area contributed by atoms with E-state index in [9.17, 15) is 27.9 Å². The van der Waals surface area contributed by atoms with Crippen LogP contribution in [0.15, 0.2) is 42.5 Å². The van der Waals surface area contributed by atoms with Crippen molar-refractivity contribution in [1.82, 2.24) is 9.80 Å². The molecule has 1 aliphatic carbocycles. The molecular weight excluding hydrogens is 547 g/mol. The highest BCUT2D eigenvalue weighted by atomic mass is 19.4. The summed E-state index contributed by atoms with van der Waals surface area (Å²) in [5, 5.41) is 12.9. The van der Waals surface area contributed by atoms with Gasteiger partial charge in [-0.25, -0.2) is 0 Å². The Morgan fingerprint density at radius 2 is 1.83 bits per heavy atom. The van der Waals surface area contributed by atoms with Gasteiger partial charge >= 0.3 is 6.18 Å². The molecule has 4 rings (SSSR count). The molecule has 1 heterocycles. The van der Waals surface area contributed by atoms with Gasteiger partial charge in [0.2, 0.25) is 11.8 Å². The van der Waals surface area contributed by atoms with Gasteiger partial charge in [-0.3, -0.25) is 14.5 Å². The van der Waals surface area contributed by atoms with Crippen LogP contribution in [0.1, 0.15) is 62.6 Å². The lowest BCUT2D eigenvalue weighted by atomic mass is 9.88. The van der Waals surface area contributed by atoms with Gasteiger partial charge < -0.3 is 20.1 Å². The van der Waals surface area contributed by atoms with Gasteiger partial charge in [0.25, 0.3) is 0 Å². The molecule has 2 aliphatic rings. The van der Waals surface area contributed by atoms with Crippen LogP contribution in [0.4, 0.5) is 18.9 Å². The average Bonchev–Trinajstić information content (AvgIpc) is 3.00. The molecule has 230 valence electrons. The Bertz CT molecular complexity index is 1210. The molecule has 2 amide bonds. The Morgan fingerprint density at radius 1 is 1.14 bits per heavy atom. The van der Waals surface area contributed by atoms with Crippen LogP contribution < -0.4 is 10.1 Å². The molecule has 0 radical (unpaired) electrons. The van der Waals surface area contributed by atoms with Crippen molar-refractivity contribution in [1.29, 1.82) is 0 Å². The van der Waals surface area contributed by atoms with E-state index in [1.807, 2.05) is 18.9 Å². The van der Waals surface area contributed by atoms with Gasteiger partial charge in [-0.2, -0.15) is 13.2 Å². The van der Waals surface area contributed by atoms with Gasteiger partial charge in [-0.15, -0.1) is 0 Å². The first kappa shape index (κ1) is 31.8. The zero-order valence-corrected chi connectivity index (χ0v) is 24.6. The highest BCUT2D eigenvalue weighted by molar-refractivity contribution is 5.93. The molecule has 1 saturated carbocycles. The smallest absolute Gasteiger partial charge is 0.416 e. The summed E-state index contributed by atoms with van der Waals surface area (Å²) in [6.45, 7) is 4.86. The Morgan fingerprint density at radius 3 is 2.48 bits per heavy atom. The van der Waals surface area contributed by atoms with E-state index in [2.05, 4.69) is 5.32 Å². The van der Waals surface area contributed by atoms with Crippen LogP contribution in [0.25, 0.3) is 0 Å². The molecule has 0 unspecified atom stereocenters. The zero-order valence-electron chi connectivity index (χ0n) is 24.6. The van der Waals surface area contributed by atoms with Crippen molar-refractivity contribution in [3.8, 4) is 5.75 Å². The number of nitrogens with zero attached hydrogens (tertiary/aromatic N) is 2. The van der Waals surface area contributed by atoms with E-state index in [4.69, 9.17) is 4.74 Å². The van der Waals surface area contributed by atoms with E-state index >= 15 is 0 Å². The molecule has 10 heteroatoms. The number of amides is 2. The minimum Gasteiger partial charge on any atom is -0.488 e. The number of alkyl halides is 3. The number of halogens is 3. The van der Waals surface area contributed by atoms with Crippen molar-refractivity contribution in [2.45, 2.75) is 77.2 Å². The molecule has 2 aromatic carbocycles. The topological polar surface area (TPSA) is 82.1 Å². The molecule has 2 aromatic rings. The van der Waals surface area contributed by atoms with Crippen LogP contribution in [-0.2, 0) is 28.7 Å². The van der Waals surface area contributed by atoms with Crippen molar-refractivity contribution in [2.75, 3.05) is 32.1 Å². The predicted molar refractivity (Wildman–Crippen MR) is 155 cm³/mol. The van der Waals surface area contributed by atoms with Crippen molar-refractivity contribution in [3.05, 3.63) is 59.2 Å². The summed E-state index contributed by atoms with van der Waals surface area (Å²) in [5.41, 5.74) is 1.33. The molecule has 0 aromatic heterocycles. The largest absolute Gasteiger partial charge is 0.488 e. The van der Waals surface area contributed by atoms with E-state index in [-0.39, 0.29) is 48.8 Å². The number of carbonyl (C=O) groups is 2. The van der Waals surface area contributed by atoms with Crippen LogP contribution in [0.2, 0.25) is 0 Å². The number of benzene rings is 2.